The number of amides is 1. The van der Waals surface area contributed by atoms with Crippen molar-refractivity contribution in [3.8, 4) is 11.8 Å². The monoisotopic (exact) mass is 547 g/mol. The van der Waals surface area contributed by atoms with Crippen LogP contribution < -0.4 is 14.8 Å². The molecule has 1 heterocycles. The van der Waals surface area contributed by atoms with Crippen molar-refractivity contribution in [1.29, 1.82) is 0 Å². The van der Waals surface area contributed by atoms with Crippen molar-refractivity contribution in [3.05, 3.63) is 46.0 Å². The molecule has 30 heavy (non-hydrogen) atoms. The van der Waals surface area contributed by atoms with Crippen LogP contribution in [0.15, 0.2) is 36.9 Å². The van der Waals surface area contributed by atoms with Crippen molar-refractivity contribution < 1.29 is 40.6 Å². The van der Waals surface area contributed by atoms with Crippen LogP contribution in [0.25, 0.3) is 5.57 Å². The molecule has 2 rings (SSSR count). The summed E-state index contributed by atoms with van der Waals surface area (Å²) in [5, 5.41) is 2.14. The normalized spacial score (nSPS) is 11.7. The van der Waals surface area contributed by atoms with E-state index >= 15 is 0 Å². The van der Waals surface area contributed by atoms with Gasteiger partial charge in [-0.15, -0.1) is 0 Å². The van der Waals surface area contributed by atoms with E-state index in [2.05, 4.69) is 53.9 Å². The second kappa shape index (κ2) is 9.49. The second-order valence-electron chi connectivity index (χ2n) is 5.62. The van der Waals surface area contributed by atoms with Gasteiger partial charge in [0.25, 0.3) is 5.91 Å². The van der Waals surface area contributed by atoms with Crippen LogP contribution in [0.1, 0.15) is 5.56 Å². The molecule has 13 heteroatoms. The summed E-state index contributed by atoms with van der Waals surface area (Å²) >= 11 is 2.05. The third-order valence-electron chi connectivity index (χ3n) is 3.14. The Kier molecular flexibility index (Phi) is 7.49. The molecule has 6 nitrogen and oxygen atoms in total. The number of alkyl halides is 6. The zero-order valence-corrected chi connectivity index (χ0v) is 16.9. The molecule has 0 aliphatic heterocycles. The highest BCUT2D eigenvalue weighted by atomic mass is 127. The first kappa shape index (κ1) is 23.7. The number of hydrogen-bond acceptors (Lipinski definition) is 5. The molecule has 0 aliphatic carbocycles. The Morgan fingerprint density at radius 1 is 0.967 bits per heavy atom. The molecule has 0 radical (unpaired) electrons. The average molecular weight is 547 g/mol. The molecule has 1 aromatic carbocycles. The Balaban J connectivity index is 2.21. The zero-order valence-electron chi connectivity index (χ0n) is 14.8. The summed E-state index contributed by atoms with van der Waals surface area (Å²) in [6.45, 7) is 0.0858. The molecule has 0 saturated carbocycles. The first-order valence-corrected chi connectivity index (χ1v) is 8.95. The molecule has 1 N–H and O–H groups in total. The Hall–Kier alpha value is -2.58. The summed E-state index contributed by atoms with van der Waals surface area (Å²) < 4.78 is 83.8. The van der Waals surface area contributed by atoms with Gasteiger partial charge < -0.3 is 9.47 Å². The maximum Gasteiger partial charge on any atom is 0.422 e. The SMILES string of the molecule is C=C(C(=O)Nc1nc(OCC(F)(F)F)cc(OCC(F)(F)F)n1)c1ccc(I)cc1. The molecular formula is C17H12F6IN3O3. The van der Waals surface area contributed by atoms with Crippen LogP contribution in [0, 0.1) is 3.57 Å². The molecule has 0 saturated heterocycles. The number of hydrogen-bond donors (Lipinski definition) is 1. The largest absolute Gasteiger partial charge is 0.468 e. The highest BCUT2D eigenvalue weighted by molar-refractivity contribution is 14.1. The van der Waals surface area contributed by atoms with Crippen LogP contribution in [0.3, 0.4) is 0 Å². The third-order valence-corrected chi connectivity index (χ3v) is 3.86. The van der Waals surface area contributed by atoms with Crippen LogP contribution in [-0.2, 0) is 4.79 Å². The minimum absolute atomic E-state index is 0.0330. The lowest BCUT2D eigenvalue weighted by molar-refractivity contribution is -0.154. The molecule has 0 aliphatic rings. The van der Waals surface area contributed by atoms with Gasteiger partial charge in [0.05, 0.1) is 6.07 Å². The van der Waals surface area contributed by atoms with Crippen molar-refractivity contribution in [3.63, 3.8) is 0 Å². The standard InChI is InChI=1S/C17H12F6IN3O3/c1-9(10-2-4-11(24)5-3-10)14(28)27-15-25-12(29-7-16(18,19)20)6-13(26-15)30-8-17(21,22)23/h2-6H,1,7-8H2,(H,25,26,27,28). The van der Waals surface area contributed by atoms with Crippen molar-refractivity contribution in [2.45, 2.75) is 12.4 Å². The number of carbonyl (C=O) groups excluding carboxylic acids is 1. The lowest BCUT2D eigenvalue weighted by atomic mass is 10.1. The fourth-order valence-corrected chi connectivity index (χ4v) is 2.24. The van der Waals surface area contributed by atoms with Gasteiger partial charge in [0.1, 0.15) is 0 Å². The lowest BCUT2D eigenvalue weighted by Crippen LogP contribution is -2.22. The highest BCUT2D eigenvalue weighted by Crippen LogP contribution is 2.24. The Bertz CT molecular complexity index is 880. The minimum Gasteiger partial charge on any atom is -0.468 e. The maximum atomic E-state index is 12.3. The topological polar surface area (TPSA) is 73.3 Å². The van der Waals surface area contributed by atoms with E-state index in [0.717, 1.165) is 3.57 Å². The molecule has 0 fully saturated rings. The first-order chi connectivity index (χ1) is 13.8. The van der Waals surface area contributed by atoms with Gasteiger partial charge in [-0.2, -0.15) is 36.3 Å². The number of benzene rings is 1. The molecule has 0 unspecified atom stereocenters. The van der Waals surface area contributed by atoms with Gasteiger partial charge in [-0.25, -0.2) is 0 Å². The molecule has 162 valence electrons. The van der Waals surface area contributed by atoms with E-state index < -0.39 is 49.2 Å². The van der Waals surface area contributed by atoms with E-state index in [9.17, 15) is 31.1 Å². The Morgan fingerprint density at radius 2 is 1.43 bits per heavy atom. The van der Waals surface area contributed by atoms with Crippen molar-refractivity contribution >= 4 is 40.0 Å². The molecule has 0 bridgehead atoms. The molecular weight excluding hydrogens is 535 g/mol. The number of ether oxygens (including phenoxy) is 2. The summed E-state index contributed by atoms with van der Waals surface area (Å²) in [5.41, 5.74) is 0.403. The molecule has 2 aromatic rings. The van der Waals surface area contributed by atoms with Gasteiger partial charge in [-0.05, 0) is 40.3 Å². The predicted octanol–water partition coefficient (Wildman–Crippen LogP) is 4.62. The summed E-state index contributed by atoms with van der Waals surface area (Å²) in [6, 6.07) is 7.26. The molecule has 1 aromatic heterocycles. The average Bonchev–Trinajstić information content (AvgIpc) is 2.63. The number of anilines is 1. The van der Waals surface area contributed by atoms with E-state index in [1.807, 2.05) is 0 Å². The Morgan fingerprint density at radius 3 is 1.87 bits per heavy atom. The van der Waals surface area contributed by atoms with Gasteiger partial charge in [0.2, 0.25) is 17.7 Å². The van der Waals surface area contributed by atoms with Gasteiger partial charge in [0, 0.05) is 9.14 Å². The van der Waals surface area contributed by atoms with Gasteiger partial charge in [-0.3, -0.25) is 10.1 Å². The highest BCUT2D eigenvalue weighted by Gasteiger charge is 2.30. The smallest absolute Gasteiger partial charge is 0.422 e. The van der Waals surface area contributed by atoms with Crippen LogP contribution in [-0.4, -0.2) is 41.4 Å². The number of halogens is 7. The zero-order chi connectivity index (χ0) is 22.5. The van der Waals surface area contributed by atoms with Crippen LogP contribution in [0.5, 0.6) is 11.8 Å². The van der Waals surface area contributed by atoms with Crippen LogP contribution >= 0.6 is 22.6 Å². The van der Waals surface area contributed by atoms with Gasteiger partial charge in [0.15, 0.2) is 13.2 Å². The lowest BCUT2D eigenvalue weighted by Gasteiger charge is -2.13. The third kappa shape index (κ3) is 8.04. The van der Waals surface area contributed by atoms with E-state index in [0.29, 0.717) is 11.6 Å². The fourth-order valence-electron chi connectivity index (χ4n) is 1.88. The second-order valence-corrected chi connectivity index (χ2v) is 6.86. The quantitative estimate of drug-likeness (QED) is 0.312. The van der Waals surface area contributed by atoms with Gasteiger partial charge in [-0.1, -0.05) is 18.7 Å². The van der Waals surface area contributed by atoms with E-state index in [4.69, 9.17) is 0 Å². The maximum absolute atomic E-state index is 12.3. The first-order valence-electron chi connectivity index (χ1n) is 7.87. The molecule has 1 amide bonds. The van der Waals surface area contributed by atoms with E-state index in [1.165, 1.54) is 0 Å². The minimum atomic E-state index is -4.72. The Labute approximate surface area is 179 Å². The molecule has 0 atom stereocenters. The van der Waals surface area contributed by atoms with Crippen LogP contribution in [0.2, 0.25) is 0 Å². The summed E-state index contributed by atoms with van der Waals surface area (Å²) in [4.78, 5) is 19.4. The van der Waals surface area contributed by atoms with Crippen molar-refractivity contribution in [2.75, 3.05) is 18.5 Å². The van der Waals surface area contributed by atoms with E-state index in [1.54, 1.807) is 24.3 Å². The summed E-state index contributed by atoms with van der Waals surface area (Å²) in [7, 11) is 0. The fraction of sp³-hybridized carbons (Fsp3) is 0.235. The number of aromatic nitrogens is 2. The number of carbonyl (C=O) groups is 1. The number of nitrogens with zero attached hydrogens (tertiary/aromatic N) is 2. The number of rotatable bonds is 7. The predicted molar refractivity (Wildman–Crippen MR) is 102 cm³/mol. The van der Waals surface area contributed by atoms with Crippen LogP contribution in [0.4, 0.5) is 32.3 Å². The summed E-state index contributed by atoms with van der Waals surface area (Å²) in [6.07, 6.45) is -9.44. The molecule has 0 spiro atoms. The van der Waals surface area contributed by atoms with E-state index in [-0.39, 0.29) is 5.57 Å². The van der Waals surface area contributed by atoms with Crippen molar-refractivity contribution in [2.24, 2.45) is 0 Å². The van der Waals surface area contributed by atoms with Crippen molar-refractivity contribution in [1.82, 2.24) is 9.97 Å². The number of nitrogens with one attached hydrogen (secondary N) is 1. The van der Waals surface area contributed by atoms with Gasteiger partial charge >= 0.3 is 12.4 Å². The summed E-state index contributed by atoms with van der Waals surface area (Å²) in [5.74, 6) is -2.93.